The highest BCUT2D eigenvalue weighted by molar-refractivity contribution is 5.90. The van der Waals surface area contributed by atoms with Crippen LogP contribution in [0, 0.1) is 5.82 Å². The van der Waals surface area contributed by atoms with Crippen LogP contribution >= 0.6 is 0 Å². The maximum absolute atomic E-state index is 13.5. The van der Waals surface area contributed by atoms with Crippen molar-refractivity contribution < 1.29 is 23.1 Å². The average Bonchev–Trinajstić information content (AvgIpc) is 2.65. The van der Waals surface area contributed by atoms with Gasteiger partial charge in [0.15, 0.2) is 12.0 Å². The first-order valence-corrected chi connectivity index (χ1v) is 7.75. The zero-order valence-corrected chi connectivity index (χ0v) is 13.5. The summed E-state index contributed by atoms with van der Waals surface area (Å²) in [5, 5.41) is 2.78. The van der Waals surface area contributed by atoms with Crippen molar-refractivity contribution in [1.29, 1.82) is 0 Å². The number of carbonyl (C=O) groups excluding carboxylic acids is 2. The first-order valence-electron chi connectivity index (χ1n) is 7.75. The van der Waals surface area contributed by atoms with Gasteiger partial charge in [0.2, 0.25) is 5.76 Å². The molecule has 7 heteroatoms. The van der Waals surface area contributed by atoms with Crippen LogP contribution in [0.15, 0.2) is 63.8 Å². The molecule has 2 aromatic carbocycles. The Hall–Kier alpha value is -3.48. The van der Waals surface area contributed by atoms with Crippen LogP contribution in [-0.2, 0) is 16.1 Å². The molecule has 6 nitrogen and oxygen atoms in total. The van der Waals surface area contributed by atoms with Crippen molar-refractivity contribution >= 4 is 22.8 Å². The van der Waals surface area contributed by atoms with Crippen molar-refractivity contribution in [2.45, 2.75) is 6.54 Å². The van der Waals surface area contributed by atoms with Crippen LogP contribution in [-0.4, -0.2) is 18.5 Å². The highest BCUT2D eigenvalue weighted by Crippen LogP contribution is 2.12. The molecule has 0 bridgehead atoms. The fourth-order valence-electron chi connectivity index (χ4n) is 2.29. The number of hydrogen-bond donors (Lipinski definition) is 1. The molecule has 0 unspecified atom stereocenters. The third-order valence-corrected chi connectivity index (χ3v) is 3.60. The van der Waals surface area contributed by atoms with Gasteiger partial charge >= 0.3 is 5.97 Å². The van der Waals surface area contributed by atoms with Crippen LogP contribution in [0.3, 0.4) is 0 Å². The molecule has 0 radical (unpaired) electrons. The van der Waals surface area contributed by atoms with Gasteiger partial charge in [-0.1, -0.05) is 30.3 Å². The van der Waals surface area contributed by atoms with Gasteiger partial charge in [-0.3, -0.25) is 9.59 Å². The molecule has 1 heterocycles. The van der Waals surface area contributed by atoms with Crippen molar-refractivity contribution in [1.82, 2.24) is 5.32 Å². The van der Waals surface area contributed by atoms with E-state index in [0.717, 1.165) is 6.07 Å². The summed E-state index contributed by atoms with van der Waals surface area (Å²) in [6, 6.07) is 13.5. The number of para-hydroxylation sites is 1. The molecule has 0 aliphatic carbocycles. The molecule has 0 fully saturated rings. The Balaban J connectivity index is 1.59. The molecule has 0 aliphatic heterocycles. The van der Waals surface area contributed by atoms with Crippen molar-refractivity contribution in [3.8, 4) is 0 Å². The minimum Gasteiger partial charge on any atom is -0.450 e. The van der Waals surface area contributed by atoms with E-state index < -0.39 is 24.3 Å². The summed E-state index contributed by atoms with van der Waals surface area (Å²) in [5.74, 6) is -2.28. The first kappa shape index (κ1) is 17.3. The number of esters is 1. The lowest BCUT2D eigenvalue weighted by Gasteiger charge is -2.07. The monoisotopic (exact) mass is 355 g/mol. The smallest absolute Gasteiger partial charge is 0.374 e. The molecular weight excluding hydrogens is 341 g/mol. The van der Waals surface area contributed by atoms with Crippen LogP contribution < -0.4 is 10.7 Å². The van der Waals surface area contributed by atoms with E-state index in [1.165, 1.54) is 12.1 Å². The minimum absolute atomic E-state index is 0.0336. The quantitative estimate of drug-likeness (QED) is 0.711. The zero-order chi connectivity index (χ0) is 18.5. The second-order valence-electron chi connectivity index (χ2n) is 5.42. The number of hydrogen-bond acceptors (Lipinski definition) is 5. The summed E-state index contributed by atoms with van der Waals surface area (Å²) in [7, 11) is 0. The maximum atomic E-state index is 13.5. The van der Waals surface area contributed by atoms with Gasteiger partial charge < -0.3 is 14.5 Å². The molecule has 132 valence electrons. The number of nitrogens with one attached hydrogen (secondary N) is 1. The standard InChI is InChI=1S/C19H14FNO5/c20-14-7-3-1-5-12(14)10-21-18(23)11-25-19(24)17-9-15(22)13-6-2-4-8-16(13)26-17/h1-9H,10-11H2,(H,21,23). The Labute approximate surface area is 147 Å². The number of carbonyl (C=O) groups is 2. The van der Waals surface area contributed by atoms with Gasteiger partial charge in [-0.2, -0.15) is 0 Å². The summed E-state index contributed by atoms with van der Waals surface area (Å²) in [4.78, 5) is 35.7. The second-order valence-corrected chi connectivity index (χ2v) is 5.42. The normalized spacial score (nSPS) is 10.5. The second kappa shape index (κ2) is 7.60. The third kappa shape index (κ3) is 3.94. The number of benzene rings is 2. The van der Waals surface area contributed by atoms with Crippen LogP contribution in [0.2, 0.25) is 0 Å². The van der Waals surface area contributed by atoms with E-state index in [4.69, 9.17) is 9.15 Å². The molecule has 26 heavy (non-hydrogen) atoms. The molecule has 0 aliphatic rings. The number of amides is 1. The molecule has 0 spiro atoms. The Kier molecular flexibility index (Phi) is 5.07. The molecule has 0 saturated carbocycles. The highest BCUT2D eigenvalue weighted by atomic mass is 19.1. The van der Waals surface area contributed by atoms with Gasteiger partial charge in [0.1, 0.15) is 11.4 Å². The zero-order valence-electron chi connectivity index (χ0n) is 13.5. The minimum atomic E-state index is -0.936. The van der Waals surface area contributed by atoms with E-state index in [0.29, 0.717) is 10.9 Å². The van der Waals surface area contributed by atoms with E-state index in [2.05, 4.69) is 5.32 Å². The lowest BCUT2D eigenvalue weighted by atomic mass is 10.2. The van der Waals surface area contributed by atoms with Crippen LogP contribution in [0.4, 0.5) is 4.39 Å². The molecule has 3 rings (SSSR count). The first-order chi connectivity index (χ1) is 12.5. The number of fused-ring (bicyclic) bond motifs is 1. The molecule has 1 N–H and O–H groups in total. The van der Waals surface area contributed by atoms with Gasteiger partial charge in [-0.15, -0.1) is 0 Å². The van der Waals surface area contributed by atoms with E-state index >= 15 is 0 Å². The fourth-order valence-corrected chi connectivity index (χ4v) is 2.29. The maximum Gasteiger partial charge on any atom is 0.374 e. The largest absolute Gasteiger partial charge is 0.450 e. The molecule has 0 atom stereocenters. The van der Waals surface area contributed by atoms with Crippen molar-refractivity contribution in [2.75, 3.05) is 6.61 Å². The van der Waals surface area contributed by atoms with E-state index in [9.17, 15) is 18.8 Å². The average molecular weight is 355 g/mol. The Bertz CT molecular complexity index is 1030. The number of halogens is 1. The van der Waals surface area contributed by atoms with Crippen LogP contribution in [0.5, 0.6) is 0 Å². The highest BCUT2D eigenvalue weighted by Gasteiger charge is 2.15. The SMILES string of the molecule is O=C(COC(=O)c1cc(=O)c2ccccc2o1)NCc1ccccc1F. The fraction of sp³-hybridized carbons (Fsp3) is 0.105. The summed E-state index contributed by atoms with van der Waals surface area (Å²) >= 11 is 0. The van der Waals surface area contributed by atoms with Crippen LogP contribution in [0.1, 0.15) is 16.1 Å². The van der Waals surface area contributed by atoms with Crippen molar-refractivity contribution in [2.24, 2.45) is 0 Å². The number of rotatable bonds is 5. The summed E-state index contributed by atoms with van der Waals surface area (Å²) in [5.41, 5.74) is 0.173. The van der Waals surface area contributed by atoms with Gasteiger partial charge in [-0.05, 0) is 18.2 Å². The van der Waals surface area contributed by atoms with Gasteiger partial charge in [0, 0.05) is 18.2 Å². The van der Waals surface area contributed by atoms with Gasteiger partial charge in [0.25, 0.3) is 5.91 Å². The summed E-state index contributed by atoms with van der Waals surface area (Å²) in [6.45, 7) is -0.613. The molecule has 0 saturated heterocycles. The van der Waals surface area contributed by atoms with E-state index in [-0.39, 0.29) is 23.3 Å². The van der Waals surface area contributed by atoms with Crippen molar-refractivity contribution in [3.63, 3.8) is 0 Å². The Morgan fingerprint density at radius 2 is 1.81 bits per heavy atom. The predicted molar refractivity (Wildman–Crippen MR) is 91.0 cm³/mol. The predicted octanol–water partition coefficient (Wildman–Crippen LogP) is 2.41. The summed E-state index contributed by atoms with van der Waals surface area (Å²) < 4.78 is 23.6. The van der Waals surface area contributed by atoms with E-state index in [1.807, 2.05) is 0 Å². The Morgan fingerprint density at radius 1 is 1.08 bits per heavy atom. The topological polar surface area (TPSA) is 85.6 Å². The third-order valence-electron chi connectivity index (χ3n) is 3.60. The molecule has 1 amide bonds. The lowest BCUT2D eigenvalue weighted by molar-refractivity contribution is -0.124. The Morgan fingerprint density at radius 3 is 2.62 bits per heavy atom. The van der Waals surface area contributed by atoms with Gasteiger partial charge in [-0.25, -0.2) is 9.18 Å². The van der Waals surface area contributed by atoms with Gasteiger partial charge in [0.05, 0.1) is 5.39 Å². The van der Waals surface area contributed by atoms with Crippen molar-refractivity contribution in [3.05, 3.63) is 82.0 Å². The van der Waals surface area contributed by atoms with E-state index in [1.54, 1.807) is 36.4 Å². The van der Waals surface area contributed by atoms with Crippen LogP contribution in [0.25, 0.3) is 11.0 Å². The number of ether oxygens (including phenoxy) is 1. The molecule has 3 aromatic rings. The summed E-state index contributed by atoms with van der Waals surface area (Å²) in [6.07, 6.45) is 0. The molecule has 1 aromatic heterocycles. The lowest BCUT2D eigenvalue weighted by Crippen LogP contribution is -2.28. The molecular formula is C19H14FNO5.